The number of hydrogen-bond acceptors (Lipinski definition) is 5. The van der Waals surface area contributed by atoms with Crippen LogP contribution in [-0.2, 0) is 31.8 Å². The maximum Gasteiger partial charge on any atom is 0.416 e. The molecule has 8 nitrogen and oxygen atoms in total. The Balaban J connectivity index is 1.44. The number of halogens is 4. The second-order valence-electron chi connectivity index (χ2n) is 10.7. The van der Waals surface area contributed by atoms with E-state index in [4.69, 9.17) is 4.74 Å². The van der Waals surface area contributed by atoms with Crippen molar-refractivity contribution in [3.63, 3.8) is 0 Å². The molecular weight excluding hydrogens is 702 g/mol. The van der Waals surface area contributed by atoms with Crippen molar-refractivity contribution in [2.24, 2.45) is 0 Å². The lowest BCUT2D eigenvalue weighted by molar-refractivity contribution is -0.163. The average molecular weight is 732 g/mol. The molecule has 5 rings (SSSR count). The first-order valence-electron chi connectivity index (χ1n) is 14.2. The van der Waals surface area contributed by atoms with Crippen LogP contribution in [0.1, 0.15) is 41.1 Å². The Morgan fingerprint density at radius 3 is 2.36 bits per heavy atom. The fraction of sp³-hybridized carbons (Fsp3) is 0.273. The van der Waals surface area contributed by atoms with Gasteiger partial charge >= 0.3 is 12.3 Å². The Kier molecular flexibility index (Phi) is 9.90. The van der Waals surface area contributed by atoms with Crippen molar-refractivity contribution in [1.29, 1.82) is 0 Å². The number of hydrogen-bond donors (Lipinski definition) is 1. The summed E-state index contributed by atoms with van der Waals surface area (Å²) < 4.78 is 44.9. The highest BCUT2D eigenvalue weighted by Gasteiger charge is 2.57. The third-order valence-corrected chi connectivity index (χ3v) is 8.35. The number of likely N-dealkylation sites (tertiary alicyclic amines) is 1. The van der Waals surface area contributed by atoms with Crippen LogP contribution in [0.3, 0.4) is 0 Å². The van der Waals surface area contributed by atoms with Gasteiger partial charge in [0.25, 0.3) is 0 Å². The second-order valence-corrected chi connectivity index (χ2v) is 11.9. The molecular formula is C33H29F3IN3O5. The Morgan fingerprint density at radius 1 is 1.00 bits per heavy atom. The van der Waals surface area contributed by atoms with Crippen LogP contribution in [-0.4, -0.2) is 56.2 Å². The zero-order valence-corrected chi connectivity index (χ0v) is 26.0. The maximum absolute atomic E-state index is 14.0. The number of ether oxygens (including phenoxy) is 1. The SMILES string of the molecule is O=C(I)CCC(C(=O)NCc1cccc(C(F)(F)F)c1)N1C(=O)[C@@H](N2C(=O)OC[C@@H]2c2ccccc2)[C@H]1/C=C/c1ccccc1. The van der Waals surface area contributed by atoms with Crippen LogP contribution in [0, 0.1) is 0 Å². The predicted molar refractivity (Wildman–Crippen MR) is 168 cm³/mol. The summed E-state index contributed by atoms with van der Waals surface area (Å²) in [5.74, 6) is -1.13. The highest BCUT2D eigenvalue weighted by molar-refractivity contribution is 14.1. The first kappa shape index (κ1) is 32.2. The molecule has 0 aromatic heterocycles. The van der Waals surface area contributed by atoms with E-state index in [9.17, 15) is 32.3 Å². The number of cyclic esters (lactones) is 1. The lowest BCUT2D eigenvalue weighted by atomic mass is 9.87. The molecule has 2 heterocycles. The van der Waals surface area contributed by atoms with Crippen LogP contribution in [0.5, 0.6) is 0 Å². The van der Waals surface area contributed by atoms with Crippen molar-refractivity contribution in [3.05, 3.63) is 113 Å². The van der Waals surface area contributed by atoms with E-state index in [0.717, 1.165) is 23.3 Å². The van der Waals surface area contributed by atoms with Crippen molar-refractivity contribution < 1.29 is 37.1 Å². The summed E-state index contributed by atoms with van der Waals surface area (Å²) in [6.07, 6.45) is -1.71. The molecule has 3 amide bonds. The van der Waals surface area contributed by atoms with Gasteiger partial charge in [0.15, 0.2) is 3.79 Å². The normalized spacial score (nSPS) is 20.6. The summed E-state index contributed by atoms with van der Waals surface area (Å²) in [4.78, 5) is 55.3. The Hall–Kier alpha value is -4.20. The van der Waals surface area contributed by atoms with Crippen LogP contribution in [0.15, 0.2) is 91.0 Å². The van der Waals surface area contributed by atoms with E-state index >= 15 is 0 Å². The maximum atomic E-state index is 14.0. The number of carbonyl (C=O) groups excluding carboxylic acids is 4. The highest BCUT2D eigenvalue weighted by Crippen LogP contribution is 2.39. The minimum atomic E-state index is -4.55. The largest absolute Gasteiger partial charge is 0.447 e. The van der Waals surface area contributed by atoms with E-state index < -0.39 is 53.8 Å². The number of alkyl halides is 3. The number of amides is 3. The molecule has 12 heteroatoms. The van der Waals surface area contributed by atoms with Gasteiger partial charge in [-0.25, -0.2) is 4.79 Å². The molecule has 2 aliphatic rings. The van der Waals surface area contributed by atoms with E-state index in [1.165, 1.54) is 21.9 Å². The quantitative estimate of drug-likeness (QED) is 0.150. The van der Waals surface area contributed by atoms with Gasteiger partial charge in [-0.1, -0.05) is 84.9 Å². The van der Waals surface area contributed by atoms with Gasteiger partial charge in [0.1, 0.15) is 18.7 Å². The van der Waals surface area contributed by atoms with Crippen LogP contribution < -0.4 is 5.32 Å². The van der Waals surface area contributed by atoms with E-state index in [2.05, 4.69) is 5.32 Å². The monoisotopic (exact) mass is 731 g/mol. The molecule has 234 valence electrons. The summed E-state index contributed by atoms with van der Waals surface area (Å²) in [6.45, 7) is -0.173. The molecule has 0 bridgehead atoms. The molecule has 3 aromatic rings. The van der Waals surface area contributed by atoms with Crippen LogP contribution in [0.4, 0.5) is 18.0 Å². The minimum Gasteiger partial charge on any atom is -0.447 e. The molecule has 0 radical (unpaired) electrons. The lowest BCUT2D eigenvalue weighted by Crippen LogP contribution is -2.74. The number of rotatable bonds is 11. The molecule has 4 atom stereocenters. The highest BCUT2D eigenvalue weighted by atomic mass is 127. The van der Waals surface area contributed by atoms with Crippen molar-refractivity contribution in [2.45, 2.75) is 49.7 Å². The second kappa shape index (κ2) is 13.8. The predicted octanol–water partition coefficient (Wildman–Crippen LogP) is 5.92. The number of nitrogens with zero attached hydrogens (tertiary/aromatic N) is 2. The van der Waals surface area contributed by atoms with Gasteiger partial charge < -0.3 is 15.0 Å². The first-order chi connectivity index (χ1) is 21.5. The smallest absolute Gasteiger partial charge is 0.416 e. The number of carbonyl (C=O) groups is 4. The first-order valence-corrected chi connectivity index (χ1v) is 15.3. The molecule has 1 N–H and O–H groups in total. The molecule has 3 aromatic carbocycles. The van der Waals surface area contributed by atoms with E-state index in [0.29, 0.717) is 0 Å². The Bertz CT molecular complexity index is 1590. The fourth-order valence-corrected chi connectivity index (χ4v) is 5.93. The van der Waals surface area contributed by atoms with Crippen LogP contribution >= 0.6 is 22.6 Å². The number of nitrogens with one attached hydrogen (secondary N) is 1. The molecule has 0 spiro atoms. The summed E-state index contributed by atoms with van der Waals surface area (Å²) in [5.41, 5.74) is 0.984. The lowest BCUT2D eigenvalue weighted by Gasteiger charge is -2.52. The van der Waals surface area contributed by atoms with Gasteiger partial charge in [0.2, 0.25) is 11.8 Å². The fourth-order valence-electron chi connectivity index (χ4n) is 5.62. The average Bonchev–Trinajstić information content (AvgIpc) is 3.40. The molecule has 45 heavy (non-hydrogen) atoms. The van der Waals surface area contributed by atoms with Crippen LogP contribution in [0.25, 0.3) is 6.08 Å². The van der Waals surface area contributed by atoms with Gasteiger partial charge in [-0.05, 0) is 57.8 Å². The zero-order chi connectivity index (χ0) is 32.1. The van der Waals surface area contributed by atoms with Gasteiger partial charge in [-0.3, -0.25) is 19.3 Å². The van der Waals surface area contributed by atoms with Crippen LogP contribution in [0.2, 0.25) is 0 Å². The van der Waals surface area contributed by atoms with E-state index in [-0.39, 0.29) is 35.3 Å². The number of benzene rings is 3. The molecule has 2 aliphatic heterocycles. The van der Waals surface area contributed by atoms with Crippen molar-refractivity contribution in [1.82, 2.24) is 15.1 Å². The Labute approximate surface area is 271 Å². The molecule has 2 saturated heterocycles. The topological polar surface area (TPSA) is 96.0 Å². The third kappa shape index (κ3) is 7.38. The molecule has 1 unspecified atom stereocenters. The van der Waals surface area contributed by atoms with E-state index in [1.54, 1.807) is 34.7 Å². The summed E-state index contributed by atoms with van der Waals surface area (Å²) in [5, 5.41) is 2.65. The number of β-lactam (4-membered cyclic amide) rings is 1. The van der Waals surface area contributed by atoms with Gasteiger partial charge in [-0.2, -0.15) is 13.2 Å². The molecule has 0 saturated carbocycles. The zero-order valence-electron chi connectivity index (χ0n) is 23.8. The molecule has 2 fully saturated rings. The van der Waals surface area contributed by atoms with Gasteiger partial charge in [-0.15, -0.1) is 0 Å². The van der Waals surface area contributed by atoms with Gasteiger partial charge in [0.05, 0.1) is 17.6 Å². The summed E-state index contributed by atoms with van der Waals surface area (Å²) in [6, 6.07) is 19.6. The van der Waals surface area contributed by atoms with Crippen molar-refractivity contribution in [2.75, 3.05) is 6.61 Å². The van der Waals surface area contributed by atoms with Gasteiger partial charge in [0, 0.05) is 13.0 Å². The Morgan fingerprint density at radius 2 is 1.69 bits per heavy atom. The standard InChI is InChI=1S/C33H29F3IN3O5/c34-33(35,36)24-13-7-10-22(18-24)19-38-30(42)26(16-17-28(37)41)39-25(15-14-21-8-3-1-4-9-21)29(31(39)43)40-27(20-45-32(40)44)23-11-5-2-6-12-23/h1-15,18,25-27,29H,16-17,19-20H2,(H,38,42)/b15-14+/t25-,26?,27-,29+/m1/s1. The van der Waals surface area contributed by atoms with Crippen molar-refractivity contribution in [3.8, 4) is 0 Å². The summed E-state index contributed by atoms with van der Waals surface area (Å²) >= 11 is 1.61. The van der Waals surface area contributed by atoms with Crippen molar-refractivity contribution >= 4 is 50.4 Å². The minimum absolute atomic E-state index is 0.0170. The van der Waals surface area contributed by atoms with E-state index in [1.807, 2.05) is 60.7 Å². The third-order valence-electron chi connectivity index (χ3n) is 7.81. The molecule has 0 aliphatic carbocycles. The summed E-state index contributed by atoms with van der Waals surface area (Å²) in [7, 11) is 0.